The highest BCUT2D eigenvalue weighted by molar-refractivity contribution is 6.34. The molecule has 25 heavy (non-hydrogen) atoms. The van der Waals surface area contributed by atoms with E-state index < -0.39 is 5.97 Å². The summed E-state index contributed by atoms with van der Waals surface area (Å²) in [4.78, 5) is 14.2. The number of carbonyl (C=O) groups excluding carboxylic acids is 1. The first-order valence-electron chi connectivity index (χ1n) is 8.15. The summed E-state index contributed by atoms with van der Waals surface area (Å²) in [5.41, 5.74) is 8.39. The first-order valence-corrected chi connectivity index (χ1v) is 8.52. The van der Waals surface area contributed by atoms with Crippen molar-refractivity contribution in [2.45, 2.75) is 13.0 Å². The molecule has 0 amide bonds. The third-order valence-electron chi connectivity index (χ3n) is 3.83. The second kappa shape index (κ2) is 9.30. The lowest BCUT2D eigenvalue weighted by molar-refractivity contribution is 0.0602. The average Bonchev–Trinajstić information content (AvgIpc) is 2.59. The number of esters is 1. The summed E-state index contributed by atoms with van der Waals surface area (Å²) in [6.45, 7) is 2.51. The van der Waals surface area contributed by atoms with Crippen LogP contribution in [0.15, 0.2) is 42.5 Å². The van der Waals surface area contributed by atoms with Crippen molar-refractivity contribution in [3.8, 4) is 0 Å². The zero-order valence-electron chi connectivity index (χ0n) is 14.6. The van der Waals surface area contributed by atoms with Crippen LogP contribution in [0.2, 0.25) is 5.02 Å². The Kier molecular flexibility index (Phi) is 7.10. The van der Waals surface area contributed by atoms with E-state index in [4.69, 9.17) is 22.1 Å². The second-order valence-corrected chi connectivity index (χ2v) is 6.33. The number of halogens is 1. The van der Waals surface area contributed by atoms with Gasteiger partial charge in [0.25, 0.3) is 0 Å². The summed E-state index contributed by atoms with van der Waals surface area (Å²) in [7, 11) is 3.42. The lowest BCUT2D eigenvalue weighted by atomic mass is 10.1. The summed E-state index contributed by atoms with van der Waals surface area (Å²) < 4.78 is 4.80. The van der Waals surface area contributed by atoms with Gasteiger partial charge in [-0.1, -0.05) is 41.9 Å². The number of nitrogens with zero attached hydrogens (tertiary/aromatic N) is 1. The number of nitrogen functional groups attached to an aromatic ring is 1. The Morgan fingerprint density at radius 3 is 2.68 bits per heavy atom. The molecule has 0 unspecified atom stereocenters. The number of hydrogen-bond acceptors (Lipinski definition) is 5. The molecule has 2 aromatic carbocycles. The van der Waals surface area contributed by atoms with Crippen LogP contribution in [0, 0.1) is 0 Å². The summed E-state index contributed by atoms with van der Waals surface area (Å²) in [5, 5.41) is 3.64. The number of nitrogens with two attached hydrogens (primary N) is 1. The third kappa shape index (κ3) is 5.66. The van der Waals surface area contributed by atoms with Crippen LogP contribution in [0.25, 0.3) is 0 Å². The Labute approximate surface area is 153 Å². The van der Waals surface area contributed by atoms with E-state index in [-0.39, 0.29) is 0 Å². The molecule has 0 atom stereocenters. The van der Waals surface area contributed by atoms with E-state index in [2.05, 4.69) is 29.4 Å². The van der Waals surface area contributed by atoms with Crippen molar-refractivity contribution >= 4 is 28.9 Å². The molecule has 134 valence electrons. The SMILES string of the molecule is COC(=O)c1cc(N)cc(Cl)c1NCCCN(C)Cc1ccccc1. The van der Waals surface area contributed by atoms with Crippen LogP contribution in [0.3, 0.4) is 0 Å². The molecule has 2 aromatic rings. The number of carbonyl (C=O) groups is 1. The third-order valence-corrected chi connectivity index (χ3v) is 4.13. The van der Waals surface area contributed by atoms with E-state index in [1.165, 1.54) is 12.7 Å². The molecule has 0 aliphatic heterocycles. The zero-order chi connectivity index (χ0) is 18.2. The van der Waals surface area contributed by atoms with Gasteiger partial charge in [0.2, 0.25) is 0 Å². The van der Waals surface area contributed by atoms with E-state index in [1.54, 1.807) is 12.1 Å². The number of ether oxygens (including phenoxy) is 1. The van der Waals surface area contributed by atoms with Gasteiger partial charge in [0.15, 0.2) is 0 Å². The number of methoxy groups -OCH3 is 1. The molecule has 0 aliphatic carbocycles. The summed E-state index contributed by atoms with van der Waals surface area (Å²) in [6, 6.07) is 13.5. The van der Waals surface area contributed by atoms with Gasteiger partial charge in [0, 0.05) is 18.8 Å². The normalized spacial score (nSPS) is 10.7. The number of anilines is 2. The predicted octanol–water partition coefficient (Wildman–Crippen LogP) is 3.64. The van der Waals surface area contributed by atoms with Crippen LogP contribution in [-0.4, -0.2) is 38.1 Å². The molecule has 6 heteroatoms. The van der Waals surface area contributed by atoms with Crippen molar-refractivity contribution in [2.75, 3.05) is 38.3 Å². The van der Waals surface area contributed by atoms with Crippen LogP contribution < -0.4 is 11.1 Å². The van der Waals surface area contributed by atoms with Gasteiger partial charge in [0.05, 0.1) is 23.4 Å². The molecule has 0 fully saturated rings. The van der Waals surface area contributed by atoms with Gasteiger partial charge in [-0.3, -0.25) is 0 Å². The summed E-state index contributed by atoms with van der Waals surface area (Å²) in [5.74, 6) is -0.460. The van der Waals surface area contributed by atoms with E-state index in [9.17, 15) is 4.79 Å². The minimum absolute atomic E-state index is 0.352. The molecule has 0 saturated heterocycles. The van der Waals surface area contributed by atoms with Crippen molar-refractivity contribution < 1.29 is 9.53 Å². The average molecular weight is 362 g/mol. The van der Waals surface area contributed by atoms with Crippen LogP contribution in [0.4, 0.5) is 11.4 Å². The van der Waals surface area contributed by atoms with Gasteiger partial charge < -0.3 is 20.7 Å². The van der Waals surface area contributed by atoms with Gasteiger partial charge in [-0.2, -0.15) is 0 Å². The Morgan fingerprint density at radius 2 is 2.00 bits per heavy atom. The fraction of sp³-hybridized carbons (Fsp3) is 0.316. The minimum Gasteiger partial charge on any atom is -0.465 e. The van der Waals surface area contributed by atoms with Crippen molar-refractivity contribution in [3.63, 3.8) is 0 Å². The maximum atomic E-state index is 11.9. The van der Waals surface area contributed by atoms with Crippen molar-refractivity contribution in [3.05, 3.63) is 58.6 Å². The first-order chi connectivity index (χ1) is 12.0. The molecule has 0 spiro atoms. The van der Waals surface area contributed by atoms with Crippen molar-refractivity contribution in [1.29, 1.82) is 0 Å². The number of nitrogens with one attached hydrogen (secondary N) is 1. The molecular formula is C19H24ClN3O2. The minimum atomic E-state index is -0.460. The van der Waals surface area contributed by atoms with Gasteiger partial charge in [-0.15, -0.1) is 0 Å². The summed E-state index contributed by atoms with van der Waals surface area (Å²) in [6.07, 6.45) is 0.907. The van der Waals surface area contributed by atoms with Gasteiger partial charge in [0.1, 0.15) is 0 Å². The van der Waals surface area contributed by atoms with E-state index in [0.717, 1.165) is 19.5 Å². The standard InChI is InChI=1S/C19H24ClN3O2/c1-23(13-14-7-4-3-5-8-14)10-6-9-22-18-16(19(24)25-2)11-15(21)12-17(18)20/h3-5,7-8,11-12,22H,6,9-10,13,21H2,1-2H3. The Morgan fingerprint density at radius 1 is 1.28 bits per heavy atom. The van der Waals surface area contributed by atoms with E-state index in [1.807, 2.05) is 18.2 Å². The molecule has 0 aromatic heterocycles. The molecule has 3 N–H and O–H groups in total. The van der Waals surface area contributed by atoms with E-state index in [0.29, 0.717) is 28.5 Å². The molecule has 0 saturated carbocycles. The number of benzene rings is 2. The van der Waals surface area contributed by atoms with Gasteiger partial charge >= 0.3 is 5.97 Å². The molecule has 5 nitrogen and oxygen atoms in total. The van der Waals surface area contributed by atoms with E-state index >= 15 is 0 Å². The highest BCUT2D eigenvalue weighted by Crippen LogP contribution is 2.29. The van der Waals surface area contributed by atoms with Crippen LogP contribution >= 0.6 is 11.6 Å². The Balaban J connectivity index is 1.88. The smallest absolute Gasteiger partial charge is 0.340 e. The van der Waals surface area contributed by atoms with Crippen LogP contribution in [-0.2, 0) is 11.3 Å². The highest BCUT2D eigenvalue weighted by Gasteiger charge is 2.16. The fourth-order valence-electron chi connectivity index (χ4n) is 2.61. The number of hydrogen-bond donors (Lipinski definition) is 2. The quantitative estimate of drug-likeness (QED) is 0.427. The molecular weight excluding hydrogens is 338 g/mol. The molecule has 2 rings (SSSR count). The van der Waals surface area contributed by atoms with Crippen LogP contribution in [0.5, 0.6) is 0 Å². The first kappa shape index (κ1) is 19.1. The topological polar surface area (TPSA) is 67.6 Å². The van der Waals surface area contributed by atoms with Crippen molar-refractivity contribution in [1.82, 2.24) is 4.90 Å². The molecule has 0 bridgehead atoms. The summed E-state index contributed by atoms with van der Waals surface area (Å²) >= 11 is 6.22. The van der Waals surface area contributed by atoms with Crippen LogP contribution in [0.1, 0.15) is 22.3 Å². The highest BCUT2D eigenvalue weighted by atomic mass is 35.5. The monoisotopic (exact) mass is 361 g/mol. The molecule has 0 radical (unpaired) electrons. The Hall–Kier alpha value is -2.24. The van der Waals surface area contributed by atoms with Crippen molar-refractivity contribution in [2.24, 2.45) is 0 Å². The van der Waals surface area contributed by atoms with Gasteiger partial charge in [-0.25, -0.2) is 4.79 Å². The Bertz CT molecular complexity index is 707. The predicted molar refractivity (Wildman–Crippen MR) is 103 cm³/mol. The lowest BCUT2D eigenvalue weighted by Gasteiger charge is -2.18. The fourth-order valence-corrected chi connectivity index (χ4v) is 2.91. The largest absolute Gasteiger partial charge is 0.465 e. The second-order valence-electron chi connectivity index (χ2n) is 5.92. The molecule has 0 aliphatic rings. The maximum absolute atomic E-state index is 11.9. The zero-order valence-corrected chi connectivity index (χ0v) is 15.3. The number of rotatable bonds is 8. The molecule has 0 heterocycles. The lowest BCUT2D eigenvalue weighted by Crippen LogP contribution is -2.21. The van der Waals surface area contributed by atoms with Gasteiger partial charge in [-0.05, 0) is 37.7 Å². The maximum Gasteiger partial charge on any atom is 0.340 e.